The van der Waals surface area contributed by atoms with Gasteiger partial charge in [-0.3, -0.25) is 4.79 Å². The number of hydrogen-bond donors (Lipinski definition) is 5. The Labute approximate surface area is 235 Å². The number of aliphatic hydroxyl groups excluding tert-OH is 3. The summed E-state index contributed by atoms with van der Waals surface area (Å²) in [5.74, 6) is 0.0822. The molecule has 226 valence electrons. The average Bonchev–Trinajstić information content (AvgIpc) is 3.21. The molecule has 6 rings (SSSR count). The van der Waals surface area contributed by atoms with Gasteiger partial charge in [-0.25, -0.2) is 0 Å². The van der Waals surface area contributed by atoms with E-state index in [9.17, 15) is 35.1 Å². The minimum Gasteiger partial charge on any atom is -0.465 e. The molecular formula is C30H46O10. The van der Waals surface area contributed by atoms with Crippen molar-refractivity contribution in [3.8, 4) is 0 Å². The number of ether oxygens (including phenoxy) is 3. The van der Waals surface area contributed by atoms with Crippen LogP contribution in [0.2, 0.25) is 0 Å². The Balaban J connectivity index is 1.20. The Hall–Kier alpha value is -1.14. The van der Waals surface area contributed by atoms with E-state index in [-0.39, 0.29) is 41.5 Å². The summed E-state index contributed by atoms with van der Waals surface area (Å²) in [4.78, 5) is 24.7. The van der Waals surface area contributed by atoms with Gasteiger partial charge in [0.05, 0.1) is 35.4 Å². The number of carbonyl (C=O) groups is 2. The fourth-order valence-electron chi connectivity index (χ4n) is 10.3. The van der Waals surface area contributed by atoms with Crippen LogP contribution in [0.15, 0.2) is 0 Å². The largest absolute Gasteiger partial charge is 0.465 e. The lowest BCUT2D eigenvalue weighted by Gasteiger charge is -2.65. The highest BCUT2D eigenvalue weighted by Gasteiger charge is 2.71. The van der Waals surface area contributed by atoms with Gasteiger partial charge in [0.25, 0.3) is 0 Å². The highest BCUT2D eigenvalue weighted by atomic mass is 16.7. The maximum Gasteiger partial charge on any atom is 0.305 e. The molecule has 10 heteroatoms. The van der Waals surface area contributed by atoms with Gasteiger partial charge in [0.1, 0.15) is 24.6 Å². The van der Waals surface area contributed by atoms with E-state index in [4.69, 9.17) is 14.2 Å². The van der Waals surface area contributed by atoms with E-state index < -0.39 is 53.4 Å². The van der Waals surface area contributed by atoms with Crippen LogP contribution in [-0.4, -0.2) is 92.4 Å². The minimum absolute atomic E-state index is 0.105. The normalized spacial score (nSPS) is 56.4. The van der Waals surface area contributed by atoms with Gasteiger partial charge in [-0.2, -0.15) is 0 Å². The molecule has 2 aliphatic heterocycles. The van der Waals surface area contributed by atoms with Gasteiger partial charge in [0, 0.05) is 12.8 Å². The SMILES string of the molecule is C[C@H]1O[C@@H](O[C@H]2CC[C@]3(C=O)[C@H]4CC[C@]5(C)[C@@H](C6CCC(=O)OC6)CC[C@]5(O)[C@@H]4CC[C@]3(O)C2)[C@H](O)[C@@H](O)[C@@H]1O. The maximum absolute atomic E-state index is 13.0. The summed E-state index contributed by atoms with van der Waals surface area (Å²) in [5.41, 5.74) is -3.60. The Morgan fingerprint density at radius 3 is 2.33 bits per heavy atom. The van der Waals surface area contributed by atoms with E-state index >= 15 is 0 Å². The van der Waals surface area contributed by atoms with Crippen molar-refractivity contribution in [2.75, 3.05) is 6.61 Å². The Kier molecular flexibility index (Phi) is 7.21. The van der Waals surface area contributed by atoms with Crippen molar-refractivity contribution in [1.82, 2.24) is 0 Å². The third-order valence-electron chi connectivity index (χ3n) is 12.7. The van der Waals surface area contributed by atoms with Crippen LogP contribution < -0.4 is 0 Å². The molecule has 0 aromatic rings. The first-order valence-corrected chi connectivity index (χ1v) is 15.3. The van der Waals surface area contributed by atoms with Crippen molar-refractivity contribution in [2.45, 2.75) is 132 Å². The maximum atomic E-state index is 13.0. The van der Waals surface area contributed by atoms with Crippen LogP contribution in [-0.2, 0) is 23.8 Å². The zero-order valence-corrected chi connectivity index (χ0v) is 23.6. The van der Waals surface area contributed by atoms with Gasteiger partial charge in [-0.1, -0.05) is 6.92 Å². The number of fused-ring (bicyclic) bond motifs is 5. The minimum atomic E-state index is -1.43. The van der Waals surface area contributed by atoms with E-state index in [0.717, 1.165) is 32.0 Å². The van der Waals surface area contributed by atoms with Crippen LogP contribution in [0.25, 0.3) is 0 Å². The standard InChI is InChI=1S/C30H46O10/c1-16-23(33)24(34)25(35)26(39-16)40-18-5-10-28(15-31)20-6-9-27(2)19(17-3-4-22(32)38-14-17)8-12-30(27,37)21(20)7-11-29(28,36)13-18/h15-21,23-26,33-37H,3-14H2,1-2H3/t16-,17?,18+,19-,20+,21-,23-,24+,25-,26+,27-,28+,29+,30+/m1/s1. The van der Waals surface area contributed by atoms with E-state index in [1.165, 1.54) is 0 Å². The number of hydrogen-bond acceptors (Lipinski definition) is 10. The second kappa shape index (κ2) is 9.96. The molecule has 0 amide bonds. The zero-order valence-electron chi connectivity index (χ0n) is 23.6. The summed E-state index contributed by atoms with van der Waals surface area (Å²) in [6.07, 6.45) is 0.787. The molecule has 10 nitrogen and oxygen atoms in total. The second-order valence-electron chi connectivity index (χ2n) is 14.1. The molecule has 40 heavy (non-hydrogen) atoms. The van der Waals surface area contributed by atoms with Crippen LogP contribution in [0.1, 0.15) is 84.5 Å². The van der Waals surface area contributed by atoms with Crippen molar-refractivity contribution in [3.63, 3.8) is 0 Å². The van der Waals surface area contributed by atoms with Crippen LogP contribution in [0.5, 0.6) is 0 Å². The van der Waals surface area contributed by atoms with Crippen molar-refractivity contribution in [2.24, 2.45) is 34.5 Å². The highest BCUT2D eigenvalue weighted by molar-refractivity contribution is 5.70. The first-order valence-electron chi connectivity index (χ1n) is 15.3. The Morgan fingerprint density at radius 2 is 1.62 bits per heavy atom. The lowest BCUT2D eigenvalue weighted by molar-refractivity contribution is -0.317. The number of aldehydes is 1. The molecule has 1 unspecified atom stereocenters. The molecule has 2 saturated heterocycles. The molecule has 6 fully saturated rings. The number of aliphatic hydroxyl groups is 5. The molecule has 0 radical (unpaired) electrons. The molecule has 5 N–H and O–H groups in total. The van der Waals surface area contributed by atoms with Gasteiger partial charge in [-0.05, 0) is 93.8 Å². The predicted octanol–water partition coefficient (Wildman–Crippen LogP) is 1.22. The third kappa shape index (κ3) is 4.00. The molecule has 0 aromatic heterocycles. The Bertz CT molecular complexity index is 997. The van der Waals surface area contributed by atoms with Crippen molar-refractivity contribution < 1.29 is 49.3 Å². The fraction of sp³-hybridized carbons (Fsp3) is 0.933. The zero-order chi connectivity index (χ0) is 28.7. The van der Waals surface area contributed by atoms with Gasteiger partial charge >= 0.3 is 5.97 Å². The van der Waals surface area contributed by atoms with Crippen molar-refractivity contribution >= 4 is 12.3 Å². The van der Waals surface area contributed by atoms with Gasteiger partial charge in [0.2, 0.25) is 0 Å². The highest BCUT2D eigenvalue weighted by Crippen LogP contribution is 2.70. The number of cyclic esters (lactones) is 1. The second-order valence-corrected chi connectivity index (χ2v) is 14.1. The first-order chi connectivity index (χ1) is 18.9. The molecule has 14 atom stereocenters. The van der Waals surface area contributed by atoms with Gasteiger partial charge in [0.15, 0.2) is 6.29 Å². The van der Waals surface area contributed by atoms with Crippen molar-refractivity contribution in [1.29, 1.82) is 0 Å². The molecule has 2 heterocycles. The average molecular weight is 567 g/mol. The van der Waals surface area contributed by atoms with Crippen molar-refractivity contribution in [3.05, 3.63) is 0 Å². The summed E-state index contributed by atoms with van der Waals surface area (Å²) < 4.78 is 17.1. The van der Waals surface area contributed by atoms with E-state index in [0.29, 0.717) is 45.1 Å². The molecular weight excluding hydrogens is 520 g/mol. The molecule has 0 bridgehead atoms. The number of esters is 1. The lowest BCUT2D eigenvalue weighted by Crippen LogP contribution is -2.69. The number of rotatable bonds is 4. The number of carbonyl (C=O) groups excluding carboxylic acids is 2. The molecule has 4 saturated carbocycles. The van der Waals surface area contributed by atoms with E-state index in [1.54, 1.807) is 6.92 Å². The summed E-state index contributed by atoms with van der Waals surface area (Å²) in [6, 6.07) is 0. The Morgan fingerprint density at radius 1 is 0.900 bits per heavy atom. The summed E-state index contributed by atoms with van der Waals surface area (Å²) in [5, 5.41) is 55.2. The first kappa shape index (κ1) is 29.0. The topological polar surface area (TPSA) is 163 Å². The predicted molar refractivity (Wildman–Crippen MR) is 139 cm³/mol. The monoisotopic (exact) mass is 566 g/mol. The summed E-state index contributed by atoms with van der Waals surface area (Å²) >= 11 is 0. The van der Waals surface area contributed by atoms with Gasteiger partial charge in [-0.15, -0.1) is 0 Å². The smallest absolute Gasteiger partial charge is 0.305 e. The van der Waals surface area contributed by atoms with E-state index in [1.807, 2.05) is 0 Å². The fourth-order valence-corrected chi connectivity index (χ4v) is 10.3. The van der Waals surface area contributed by atoms with Crippen LogP contribution in [0.3, 0.4) is 0 Å². The molecule has 6 aliphatic rings. The van der Waals surface area contributed by atoms with Gasteiger partial charge < -0.3 is 44.5 Å². The summed E-state index contributed by atoms with van der Waals surface area (Å²) in [6.45, 7) is 4.20. The van der Waals surface area contributed by atoms with Crippen LogP contribution in [0, 0.1) is 34.5 Å². The third-order valence-corrected chi connectivity index (χ3v) is 12.7. The quantitative estimate of drug-likeness (QED) is 0.190. The molecule has 4 aliphatic carbocycles. The lowest BCUT2D eigenvalue weighted by atomic mass is 9.41. The van der Waals surface area contributed by atoms with Crippen LogP contribution in [0.4, 0.5) is 0 Å². The van der Waals surface area contributed by atoms with Crippen LogP contribution >= 0.6 is 0 Å². The molecule has 0 spiro atoms. The summed E-state index contributed by atoms with van der Waals surface area (Å²) in [7, 11) is 0. The molecule has 0 aromatic carbocycles. The van der Waals surface area contributed by atoms with E-state index in [2.05, 4.69) is 6.92 Å².